The van der Waals surface area contributed by atoms with E-state index in [1.807, 2.05) is 0 Å². The molecule has 6 aromatic rings. The SMILES string of the molecule is Cc1cc(C)cc(-c2c(C)c(C)c(B(c3c(C)c(C)c(-c4cc(C)cc(C)c4)c(C)c3C)c3c(C)c(C)c(-c4cc(C)cc(C)c4)c(C)c3C)c(C)c2C)c1. The van der Waals surface area contributed by atoms with Crippen LogP contribution in [0.3, 0.4) is 0 Å². The molecule has 0 aliphatic carbocycles. The Morgan fingerprint density at radius 2 is 0.382 bits per heavy atom. The van der Waals surface area contributed by atoms with Crippen LogP contribution < -0.4 is 16.4 Å². The minimum atomic E-state index is 0.0714. The molecule has 1 heteroatoms. The Bertz CT molecular complexity index is 2120. The third-order valence-corrected chi connectivity index (χ3v) is 13.4. The number of rotatable bonds is 6. The monoisotopic (exact) mass is 723 g/mol. The predicted octanol–water partition coefficient (Wildman–Crippen LogP) is 12.8. The highest BCUT2D eigenvalue weighted by Crippen LogP contribution is 2.37. The van der Waals surface area contributed by atoms with Gasteiger partial charge in [0.1, 0.15) is 0 Å². The molecule has 282 valence electrons. The lowest BCUT2D eigenvalue weighted by molar-refractivity contribution is 1.24. The van der Waals surface area contributed by atoms with Gasteiger partial charge in [-0.1, -0.05) is 138 Å². The van der Waals surface area contributed by atoms with Gasteiger partial charge in [0.15, 0.2) is 0 Å². The number of aryl methyl sites for hydroxylation is 6. The van der Waals surface area contributed by atoms with Gasteiger partial charge in [-0.3, -0.25) is 0 Å². The fourth-order valence-electron chi connectivity index (χ4n) is 10.4. The van der Waals surface area contributed by atoms with Crippen LogP contribution in [0.2, 0.25) is 0 Å². The maximum atomic E-state index is 2.40. The van der Waals surface area contributed by atoms with Crippen LogP contribution in [0.5, 0.6) is 0 Å². The molecule has 0 spiro atoms. The maximum Gasteiger partial charge on any atom is 0.243 e. The summed E-state index contributed by atoms with van der Waals surface area (Å²) in [6, 6.07) is 21.1. The summed E-state index contributed by atoms with van der Waals surface area (Å²) >= 11 is 0. The molecule has 0 fully saturated rings. The van der Waals surface area contributed by atoms with Crippen molar-refractivity contribution in [3.63, 3.8) is 0 Å². The van der Waals surface area contributed by atoms with E-state index < -0.39 is 0 Å². The summed E-state index contributed by atoms with van der Waals surface area (Å²) in [6.07, 6.45) is 0. The lowest BCUT2D eigenvalue weighted by atomic mass is 9.32. The van der Waals surface area contributed by atoms with Gasteiger partial charge in [-0.25, -0.2) is 0 Å². The maximum absolute atomic E-state index is 2.40. The zero-order chi connectivity index (χ0) is 40.5. The fourth-order valence-corrected chi connectivity index (χ4v) is 10.4. The van der Waals surface area contributed by atoms with Crippen LogP contribution in [0.4, 0.5) is 0 Å². The van der Waals surface area contributed by atoms with Crippen molar-refractivity contribution < 1.29 is 0 Å². The van der Waals surface area contributed by atoms with Crippen molar-refractivity contribution in [2.45, 2.75) is 125 Å². The van der Waals surface area contributed by atoms with Gasteiger partial charge in [0.2, 0.25) is 6.71 Å². The van der Waals surface area contributed by atoms with Gasteiger partial charge in [0, 0.05) is 0 Å². The minimum Gasteiger partial charge on any atom is -0.0623 e. The average Bonchev–Trinajstić information content (AvgIpc) is 3.08. The molecule has 0 atom stereocenters. The molecule has 0 saturated heterocycles. The molecule has 0 aromatic heterocycles. The summed E-state index contributed by atoms with van der Waals surface area (Å²) < 4.78 is 0. The molecule has 0 amide bonds. The van der Waals surface area contributed by atoms with E-state index in [-0.39, 0.29) is 6.71 Å². The molecule has 0 bridgehead atoms. The zero-order valence-electron chi connectivity index (χ0n) is 37.3. The second-order valence-corrected chi connectivity index (χ2v) is 17.4. The van der Waals surface area contributed by atoms with Crippen LogP contribution in [-0.2, 0) is 0 Å². The molecular weight excluding hydrogens is 659 g/mol. The molecule has 0 aliphatic rings. The first-order chi connectivity index (χ1) is 25.7. The summed E-state index contributed by atoms with van der Waals surface area (Å²) in [5.41, 5.74) is 37.2. The molecule has 6 rings (SSSR count). The van der Waals surface area contributed by atoms with Crippen molar-refractivity contribution in [3.05, 3.63) is 155 Å². The first-order valence-corrected chi connectivity index (χ1v) is 20.3. The fraction of sp³-hybridized carbons (Fsp3) is 0.333. The lowest BCUT2D eigenvalue weighted by Crippen LogP contribution is -2.58. The Kier molecular flexibility index (Phi) is 10.8. The smallest absolute Gasteiger partial charge is 0.0623 e. The number of hydrogen-bond acceptors (Lipinski definition) is 0. The Morgan fingerprint density at radius 1 is 0.218 bits per heavy atom. The highest BCUT2D eigenvalue weighted by Gasteiger charge is 2.36. The van der Waals surface area contributed by atoms with E-state index in [4.69, 9.17) is 0 Å². The van der Waals surface area contributed by atoms with Crippen molar-refractivity contribution in [2.24, 2.45) is 0 Å². The van der Waals surface area contributed by atoms with Gasteiger partial charge in [0.25, 0.3) is 0 Å². The van der Waals surface area contributed by atoms with E-state index in [1.165, 1.54) is 150 Å². The molecule has 0 nitrogen and oxygen atoms in total. The number of benzene rings is 6. The van der Waals surface area contributed by atoms with E-state index in [0.717, 1.165) is 0 Å². The van der Waals surface area contributed by atoms with Crippen molar-refractivity contribution in [3.8, 4) is 33.4 Å². The summed E-state index contributed by atoms with van der Waals surface area (Å²) in [5.74, 6) is 0. The lowest BCUT2D eigenvalue weighted by Gasteiger charge is -2.33. The summed E-state index contributed by atoms with van der Waals surface area (Å²) in [4.78, 5) is 0. The number of hydrogen-bond donors (Lipinski definition) is 0. The third kappa shape index (κ3) is 6.83. The zero-order valence-corrected chi connectivity index (χ0v) is 37.3. The molecule has 0 saturated carbocycles. The summed E-state index contributed by atoms with van der Waals surface area (Å²) in [5, 5.41) is 0. The standard InChI is InChI=1S/C54H63B/c1-28-19-29(2)23-46(22-28)49-34(7)40(13)52(41(14)35(49)8)55(53-42(15)36(9)50(37(10)43(53)16)47-24-30(3)20-31(4)25-47)54-44(17)38(11)51(39(12)45(54)18)48-26-32(5)21-33(6)27-48/h19-27H,1-18H3. The van der Waals surface area contributed by atoms with Crippen LogP contribution >= 0.6 is 0 Å². The Morgan fingerprint density at radius 3 is 0.545 bits per heavy atom. The van der Waals surface area contributed by atoms with Gasteiger partial charge in [-0.2, -0.15) is 0 Å². The predicted molar refractivity (Wildman–Crippen MR) is 246 cm³/mol. The van der Waals surface area contributed by atoms with Crippen molar-refractivity contribution in [2.75, 3.05) is 0 Å². The van der Waals surface area contributed by atoms with Gasteiger partial charge >= 0.3 is 0 Å². The minimum absolute atomic E-state index is 0.0714. The first-order valence-electron chi connectivity index (χ1n) is 20.3. The first kappa shape index (κ1) is 40.1. The van der Waals surface area contributed by atoms with Crippen molar-refractivity contribution >= 4 is 23.1 Å². The summed E-state index contributed by atoms with van der Waals surface area (Å²) in [6.45, 7) is 42.0. The van der Waals surface area contributed by atoms with Crippen LogP contribution in [0.1, 0.15) is 100 Å². The van der Waals surface area contributed by atoms with Gasteiger partial charge in [-0.05, 0) is 191 Å². The summed E-state index contributed by atoms with van der Waals surface area (Å²) in [7, 11) is 0. The van der Waals surface area contributed by atoms with Gasteiger partial charge in [0.05, 0.1) is 0 Å². The Labute approximate surface area is 334 Å². The van der Waals surface area contributed by atoms with Crippen molar-refractivity contribution in [1.82, 2.24) is 0 Å². The normalized spacial score (nSPS) is 11.5. The molecule has 0 radical (unpaired) electrons. The van der Waals surface area contributed by atoms with Crippen LogP contribution in [0.15, 0.2) is 54.6 Å². The molecule has 0 N–H and O–H groups in total. The van der Waals surface area contributed by atoms with Crippen LogP contribution in [-0.4, -0.2) is 6.71 Å². The molecule has 0 aliphatic heterocycles. The average molecular weight is 723 g/mol. The molecule has 6 aromatic carbocycles. The molecule has 0 heterocycles. The second-order valence-electron chi connectivity index (χ2n) is 17.4. The Hall–Kier alpha value is -4.62. The molecule has 0 unspecified atom stereocenters. The van der Waals surface area contributed by atoms with Crippen LogP contribution in [0.25, 0.3) is 33.4 Å². The topological polar surface area (TPSA) is 0 Å². The van der Waals surface area contributed by atoms with E-state index in [1.54, 1.807) is 0 Å². The second kappa shape index (κ2) is 14.8. The van der Waals surface area contributed by atoms with E-state index in [2.05, 4.69) is 179 Å². The van der Waals surface area contributed by atoms with E-state index in [0.29, 0.717) is 0 Å². The van der Waals surface area contributed by atoms with Gasteiger partial charge in [-0.15, -0.1) is 0 Å². The largest absolute Gasteiger partial charge is 0.243 e. The quantitative estimate of drug-likeness (QED) is 0.150. The Balaban J connectivity index is 1.77. The van der Waals surface area contributed by atoms with Crippen LogP contribution in [0, 0.1) is 125 Å². The highest BCUT2D eigenvalue weighted by atomic mass is 14.3. The van der Waals surface area contributed by atoms with Gasteiger partial charge < -0.3 is 0 Å². The molecule has 55 heavy (non-hydrogen) atoms. The van der Waals surface area contributed by atoms with Crippen molar-refractivity contribution in [1.29, 1.82) is 0 Å². The van der Waals surface area contributed by atoms with E-state index in [9.17, 15) is 0 Å². The third-order valence-electron chi connectivity index (χ3n) is 13.4. The highest BCUT2D eigenvalue weighted by molar-refractivity contribution is 6.97. The molecular formula is C54H63B. The van der Waals surface area contributed by atoms with E-state index >= 15 is 0 Å².